The third-order valence-corrected chi connectivity index (χ3v) is 7.64. The molecule has 1 aliphatic heterocycles. The van der Waals surface area contributed by atoms with Crippen molar-refractivity contribution < 1.29 is 13.2 Å². The van der Waals surface area contributed by atoms with Crippen LogP contribution in [0.4, 0.5) is 0 Å². The standard InChI is InChI=1S/C21H23ClN4O3S/c1-13-18(20(27)26-11-21(2,10-23)12-26)9-19(24-13)30(28,29)25-17-7-15(8-17)14-3-5-16(22)6-4-14/h3-6,9,15,17,24-25H,7-8,11-12H2,1-2H3. The summed E-state index contributed by atoms with van der Waals surface area (Å²) in [6, 6.07) is 11.1. The van der Waals surface area contributed by atoms with Crippen molar-refractivity contribution in [3.63, 3.8) is 0 Å². The second kappa shape index (κ2) is 7.41. The molecule has 2 N–H and O–H groups in total. The number of rotatable bonds is 5. The largest absolute Gasteiger partial charge is 0.348 e. The van der Waals surface area contributed by atoms with Gasteiger partial charge in [-0.05, 0) is 56.4 Å². The van der Waals surface area contributed by atoms with E-state index in [4.69, 9.17) is 16.9 Å². The lowest BCUT2D eigenvalue weighted by Crippen LogP contribution is -2.56. The highest BCUT2D eigenvalue weighted by Crippen LogP contribution is 2.38. The molecule has 1 aromatic heterocycles. The molecular weight excluding hydrogens is 424 g/mol. The monoisotopic (exact) mass is 446 g/mol. The summed E-state index contributed by atoms with van der Waals surface area (Å²) in [4.78, 5) is 17.1. The van der Waals surface area contributed by atoms with Gasteiger partial charge in [-0.3, -0.25) is 4.79 Å². The fourth-order valence-electron chi connectivity index (χ4n) is 4.08. The Morgan fingerprint density at radius 3 is 2.53 bits per heavy atom. The zero-order valence-corrected chi connectivity index (χ0v) is 18.3. The van der Waals surface area contributed by atoms with Crippen molar-refractivity contribution in [3.05, 3.63) is 52.2 Å². The molecule has 9 heteroatoms. The van der Waals surface area contributed by atoms with E-state index < -0.39 is 15.4 Å². The van der Waals surface area contributed by atoms with Gasteiger partial charge < -0.3 is 9.88 Å². The maximum Gasteiger partial charge on any atom is 0.256 e. The Labute approximate surface area is 181 Å². The minimum atomic E-state index is -3.76. The molecule has 158 valence electrons. The Balaban J connectivity index is 1.39. The molecule has 0 bridgehead atoms. The number of benzene rings is 1. The molecule has 1 saturated carbocycles. The lowest BCUT2D eigenvalue weighted by atomic mass is 9.76. The number of carbonyl (C=O) groups is 1. The van der Waals surface area contributed by atoms with Crippen molar-refractivity contribution in [2.45, 2.75) is 43.7 Å². The molecule has 0 unspecified atom stereocenters. The van der Waals surface area contributed by atoms with Gasteiger partial charge in [0.25, 0.3) is 15.9 Å². The summed E-state index contributed by atoms with van der Waals surface area (Å²) < 4.78 is 28.3. The number of likely N-dealkylation sites (tertiary alicyclic amines) is 1. The quantitative estimate of drug-likeness (QED) is 0.735. The molecule has 1 aliphatic carbocycles. The average molecular weight is 447 g/mol. The summed E-state index contributed by atoms with van der Waals surface area (Å²) in [5, 5.41) is 9.78. The zero-order valence-electron chi connectivity index (χ0n) is 16.8. The van der Waals surface area contributed by atoms with Crippen molar-refractivity contribution in [2.75, 3.05) is 13.1 Å². The second-order valence-electron chi connectivity index (χ2n) is 8.54. The smallest absolute Gasteiger partial charge is 0.256 e. The molecule has 2 aromatic rings. The first kappa shape index (κ1) is 20.9. The van der Waals surface area contributed by atoms with E-state index >= 15 is 0 Å². The Kier molecular flexibility index (Phi) is 5.17. The molecule has 1 aromatic carbocycles. The Hall–Kier alpha value is -2.34. The van der Waals surface area contributed by atoms with Crippen molar-refractivity contribution >= 4 is 27.5 Å². The van der Waals surface area contributed by atoms with Gasteiger partial charge in [-0.1, -0.05) is 23.7 Å². The van der Waals surface area contributed by atoms with Gasteiger partial charge in [0, 0.05) is 29.8 Å². The van der Waals surface area contributed by atoms with Gasteiger partial charge in [0.15, 0.2) is 0 Å². The van der Waals surface area contributed by atoms with E-state index in [0.717, 1.165) is 5.56 Å². The van der Waals surface area contributed by atoms with Crippen LogP contribution in [0.3, 0.4) is 0 Å². The van der Waals surface area contributed by atoms with Crippen LogP contribution in [0.15, 0.2) is 35.4 Å². The van der Waals surface area contributed by atoms with Gasteiger partial charge in [0.2, 0.25) is 0 Å². The third-order valence-electron chi connectivity index (χ3n) is 5.95. The van der Waals surface area contributed by atoms with E-state index in [1.54, 1.807) is 18.7 Å². The van der Waals surface area contributed by atoms with E-state index in [1.165, 1.54) is 6.07 Å². The first-order chi connectivity index (χ1) is 14.1. The lowest BCUT2D eigenvalue weighted by Gasteiger charge is -2.43. The van der Waals surface area contributed by atoms with Gasteiger partial charge in [0.05, 0.1) is 17.0 Å². The van der Waals surface area contributed by atoms with Crippen LogP contribution in [0.2, 0.25) is 5.02 Å². The van der Waals surface area contributed by atoms with Gasteiger partial charge in [0.1, 0.15) is 5.03 Å². The molecule has 0 spiro atoms. The fraction of sp³-hybridized carbons (Fsp3) is 0.429. The number of nitrogens with zero attached hydrogens (tertiary/aromatic N) is 2. The van der Waals surface area contributed by atoms with Crippen molar-refractivity contribution in [1.29, 1.82) is 5.26 Å². The molecule has 0 atom stereocenters. The van der Waals surface area contributed by atoms with Crippen molar-refractivity contribution in [3.8, 4) is 6.07 Å². The highest BCUT2D eigenvalue weighted by Gasteiger charge is 2.42. The Morgan fingerprint density at radius 1 is 1.30 bits per heavy atom. The summed E-state index contributed by atoms with van der Waals surface area (Å²) in [5.41, 5.74) is 1.44. The van der Waals surface area contributed by atoms with E-state index in [1.807, 2.05) is 24.3 Å². The number of hydrogen-bond acceptors (Lipinski definition) is 4. The van der Waals surface area contributed by atoms with Crippen LogP contribution in [0.1, 0.15) is 47.3 Å². The van der Waals surface area contributed by atoms with Gasteiger partial charge >= 0.3 is 0 Å². The Bertz CT molecular complexity index is 1120. The topological polar surface area (TPSA) is 106 Å². The molecule has 1 amide bonds. The number of nitrogens with one attached hydrogen (secondary N) is 2. The minimum absolute atomic E-state index is 0.0122. The number of H-pyrrole nitrogens is 1. The number of aromatic amines is 1. The number of aryl methyl sites for hydroxylation is 1. The third kappa shape index (κ3) is 3.85. The van der Waals surface area contributed by atoms with E-state index in [2.05, 4.69) is 15.8 Å². The number of carbonyl (C=O) groups excluding carboxylic acids is 1. The molecule has 30 heavy (non-hydrogen) atoms. The maximum absolute atomic E-state index is 12.8. The van der Waals surface area contributed by atoms with Crippen LogP contribution >= 0.6 is 11.6 Å². The van der Waals surface area contributed by atoms with E-state index in [-0.39, 0.29) is 17.0 Å². The number of sulfonamides is 1. The van der Waals surface area contributed by atoms with Crippen molar-refractivity contribution in [1.82, 2.24) is 14.6 Å². The van der Waals surface area contributed by atoms with E-state index in [0.29, 0.717) is 48.1 Å². The SMILES string of the molecule is Cc1[nH]c(S(=O)(=O)NC2CC(c3ccc(Cl)cc3)C2)cc1C(=O)N1CC(C)(C#N)C1. The van der Waals surface area contributed by atoms with Crippen LogP contribution in [0, 0.1) is 23.7 Å². The second-order valence-corrected chi connectivity index (χ2v) is 10.7. The number of nitriles is 1. The molecule has 2 aliphatic rings. The molecule has 4 rings (SSSR count). The first-order valence-electron chi connectivity index (χ1n) is 9.78. The van der Waals surface area contributed by atoms with Crippen molar-refractivity contribution in [2.24, 2.45) is 5.41 Å². The lowest BCUT2D eigenvalue weighted by molar-refractivity contribution is 0.0368. The van der Waals surface area contributed by atoms with Crippen LogP contribution in [0.5, 0.6) is 0 Å². The first-order valence-corrected chi connectivity index (χ1v) is 11.6. The van der Waals surface area contributed by atoms with Gasteiger partial charge in [-0.15, -0.1) is 0 Å². The minimum Gasteiger partial charge on any atom is -0.348 e. The van der Waals surface area contributed by atoms with Crippen LogP contribution in [0.25, 0.3) is 0 Å². The highest BCUT2D eigenvalue weighted by atomic mass is 35.5. The van der Waals surface area contributed by atoms with Gasteiger partial charge in [-0.2, -0.15) is 5.26 Å². The maximum atomic E-state index is 12.8. The summed E-state index contributed by atoms with van der Waals surface area (Å²) >= 11 is 5.92. The number of halogens is 1. The molecule has 7 nitrogen and oxygen atoms in total. The molecule has 0 radical (unpaired) electrons. The summed E-state index contributed by atoms with van der Waals surface area (Å²) in [7, 11) is -3.76. The van der Waals surface area contributed by atoms with Crippen LogP contribution in [-0.4, -0.2) is 43.3 Å². The summed E-state index contributed by atoms with van der Waals surface area (Å²) in [6.07, 6.45) is 1.43. The number of amides is 1. The number of aromatic nitrogens is 1. The summed E-state index contributed by atoms with van der Waals surface area (Å²) in [5.74, 6) is 0.0442. The van der Waals surface area contributed by atoms with Crippen LogP contribution in [-0.2, 0) is 10.0 Å². The zero-order chi connectivity index (χ0) is 21.7. The predicted molar refractivity (Wildman–Crippen MR) is 113 cm³/mol. The molecule has 2 fully saturated rings. The predicted octanol–water partition coefficient (Wildman–Crippen LogP) is 3.19. The average Bonchev–Trinajstić information content (AvgIpc) is 3.05. The molecule has 2 heterocycles. The molecular formula is C21H23ClN4O3S. The fourth-order valence-corrected chi connectivity index (χ4v) is 5.52. The summed E-state index contributed by atoms with van der Waals surface area (Å²) in [6.45, 7) is 4.18. The molecule has 1 saturated heterocycles. The highest BCUT2D eigenvalue weighted by molar-refractivity contribution is 7.89. The van der Waals surface area contributed by atoms with Crippen LogP contribution < -0.4 is 4.72 Å². The Morgan fingerprint density at radius 2 is 1.93 bits per heavy atom. The van der Waals surface area contributed by atoms with Gasteiger partial charge in [-0.25, -0.2) is 13.1 Å². The number of hydrogen-bond donors (Lipinski definition) is 2. The normalized spacial score (nSPS) is 22.7. The van der Waals surface area contributed by atoms with E-state index in [9.17, 15) is 13.2 Å².